The first-order chi connectivity index (χ1) is 27.6. The number of hydrogen-bond donors (Lipinski definition) is 3. The summed E-state index contributed by atoms with van der Waals surface area (Å²) in [5.41, 5.74) is -1.73. The molecule has 3 fully saturated rings. The molecule has 8 atom stereocenters. The van der Waals surface area contributed by atoms with Crippen molar-refractivity contribution in [3.05, 3.63) is 41.4 Å². The van der Waals surface area contributed by atoms with E-state index in [0.29, 0.717) is 61.4 Å². The maximum Gasteiger partial charge on any atom is 0.408 e. The van der Waals surface area contributed by atoms with Crippen molar-refractivity contribution in [3.63, 3.8) is 0 Å². The number of carbonyl (C=O) groups is 4. The van der Waals surface area contributed by atoms with Crippen molar-refractivity contribution in [2.24, 2.45) is 17.8 Å². The maximum absolute atomic E-state index is 14.9. The van der Waals surface area contributed by atoms with Crippen LogP contribution in [-0.4, -0.2) is 106 Å². The second kappa shape index (κ2) is 16.6. The molecule has 2 aliphatic heterocycles. The zero-order valence-electron chi connectivity index (χ0n) is 33.6. The lowest BCUT2D eigenvalue weighted by atomic mass is 9.86. The third kappa shape index (κ3) is 9.08. The van der Waals surface area contributed by atoms with Gasteiger partial charge in [-0.25, -0.2) is 13.2 Å². The smallest absolute Gasteiger partial charge is 0.408 e. The summed E-state index contributed by atoms with van der Waals surface area (Å²) in [4.78, 5) is 61.9. The molecule has 0 radical (unpaired) electrons. The fraction of sp³-hybridized carbons (Fsp3) is 0.625. The van der Waals surface area contributed by atoms with Crippen LogP contribution in [0.5, 0.6) is 11.8 Å². The summed E-state index contributed by atoms with van der Waals surface area (Å²) < 4.78 is 82.7. The molecule has 6 rings (SSSR count). The number of benzene rings is 1. The number of carboxylic acid groups (broad SMARTS) is 1. The van der Waals surface area contributed by atoms with Crippen LogP contribution in [0.25, 0.3) is 10.8 Å². The molecule has 2 aromatic rings. The van der Waals surface area contributed by atoms with E-state index in [1.165, 1.54) is 13.8 Å². The zero-order chi connectivity index (χ0) is 43.2. The van der Waals surface area contributed by atoms with Gasteiger partial charge in [0.25, 0.3) is 5.91 Å². The zero-order valence-corrected chi connectivity index (χ0v) is 35.1. The molecule has 2 saturated carbocycles. The van der Waals surface area contributed by atoms with E-state index in [9.17, 15) is 45.9 Å². The lowest BCUT2D eigenvalue weighted by molar-refractivity contribution is -0.184. The molecule has 59 heavy (non-hydrogen) atoms. The van der Waals surface area contributed by atoms with Crippen molar-refractivity contribution in [1.82, 2.24) is 24.8 Å². The Bertz CT molecular complexity index is 2120. The van der Waals surface area contributed by atoms with Gasteiger partial charge in [0.1, 0.15) is 29.8 Å². The molecule has 0 unspecified atom stereocenters. The van der Waals surface area contributed by atoms with Gasteiger partial charge in [-0.1, -0.05) is 50.6 Å². The fourth-order valence-electron chi connectivity index (χ4n) is 8.17. The molecule has 1 aromatic heterocycles. The third-order valence-electron chi connectivity index (χ3n) is 12.1. The second-order valence-electron chi connectivity index (χ2n) is 16.8. The summed E-state index contributed by atoms with van der Waals surface area (Å²) >= 11 is 6.54. The van der Waals surface area contributed by atoms with E-state index in [4.69, 9.17) is 21.1 Å². The van der Waals surface area contributed by atoms with Gasteiger partial charge in [-0.2, -0.15) is 18.2 Å². The highest BCUT2D eigenvalue weighted by atomic mass is 35.5. The molecule has 324 valence electrons. The third-order valence-corrected chi connectivity index (χ3v) is 14.6. The van der Waals surface area contributed by atoms with Gasteiger partial charge in [-0.3, -0.25) is 24.0 Å². The molecule has 1 aromatic carbocycles. The number of allylic oxidation sites excluding steroid dienone is 1. The van der Waals surface area contributed by atoms with Gasteiger partial charge in [-0.15, -0.1) is 0 Å². The molecule has 3 heterocycles. The fourth-order valence-corrected chi connectivity index (χ4v) is 9.71. The average Bonchev–Trinajstić information content (AvgIpc) is 4.03. The minimum Gasteiger partial charge on any atom is -0.478 e. The van der Waals surface area contributed by atoms with E-state index in [2.05, 4.69) is 15.0 Å². The van der Waals surface area contributed by atoms with Crippen LogP contribution < -0.4 is 19.5 Å². The lowest BCUT2D eigenvalue weighted by Crippen LogP contribution is -2.62. The number of rotatable bonds is 10. The first-order valence-corrected chi connectivity index (χ1v) is 21.8. The number of carbonyl (C=O) groups excluding carboxylic acids is 3. The first-order valence-electron chi connectivity index (χ1n) is 19.9. The van der Waals surface area contributed by atoms with Crippen LogP contribution in [0.1, 0.15) is 86.0 Å². The topological polar surface area (TPSA) is 185 Å². The summed E-state index contributed by atoms with van der Waals surface area (Å²) in [5.74, 6) is -4.44. The molecule has 14 nitrogen and oxygen atoms in total. The number of sulfonamides is 1. The highest BCUT2D eigenvalue weighted by molar-refractivity contribution is 7.91. The minimum absolute atomic E-state index is 0.0373. The number of nitrogens with one attached hydrogen (secondary N) is 2. The van der Waals surface area contributed by atoms with Crippen LogP contribution in [0, 0.1) is 17.8 Å². The minimum atomic E-state index is -5.04. The Kier molecular flexibility index (Phi) is 12.5. The van der Waals surface area contributed by atoms with Crippen LogP contribution >= 0.6 is 11.6 Å². The van der Waals surface area contributed by atoms with Crippen molar-refractivity contribution in [2.75, 3.05) is 13.2 Å². The second-order valence-corrected chi connectivity index (χ2v) is 19.4. The summed E-state index contributed by atoms with van der Waals surface area (Å²) in [7, 11) is -4.13. The molecule has 2 aliphatic carbocycles. The number of alkyl halides is 3. The predicted octanol–water partition coefficient (Wildman–Crippen LogP) is 6.21. The number of ether oxygens (including phenoxy) is 2. The van der Waals surface area contributed by atoms with Crippen molar-refractivity contribution in [2.45, 2.75) is 127 Å². The summed E-state index contributed by atoms with van der Waals surface area (Å²) in [6, 6.07) is 0.683. The largest absolute Gasteiger partial charge is 0.478 e. The molecule has 0 bridgehead atoms. The maximum atomic E-state index is 14.9. The monoisotopic (exact) mass is 869 g/mol. The van der Waals surface area contributed by atoms with Gasteiger partial charge in [0.15, 0.2) is 0 Å². The SMILES string of the molecule is CCCOc1cc2c(Cl)cccc2c(O[C@@H]2C[C@H]3C(=O)N[C@]4(C(=O)NS(=O)(=O)C5(C)CC5)C[C@H]4/C=C\CC[C@@H](C)C[C@@H](C)[C@H](N(C(=O)O)[C@H](C)C(F)(F)F)C(=O)N3C2)n1. The molecule has 4 amide bonds. The molecular formula is C40H51ClF3N5O9S. The van der Waals surface area contributed by atoms with Crippen molar-refractivity contribution < 1.29 is 55.3 Å². The van der Waals surface area contributed by atoms with Gasteiger partial charge >= 0.3 is 12.3 Å². The Labute approximate surface area is 346 Å². The van der Waals surface area contributed by atoms with Crippen LogP contribution in [-0.2, 0) is 24.4 Å². The van der Waals surface area contributed by atoms with Gasteiger partial charge in [0.2, 0.25) is 33.6 Å². The highest BCUT2D eigenvalue weighted by Gasteiger charge is 2.63. The Morgan fingerprint density at radius 2 is 1.90 bits per heavy atom. The summed E-state index contributed by atoms with van der Waals surface area (Å²) in [5, 5.41) is 14.4. The normalized spacial score (nSPS) is 29.5. The van der Waals surface area contributed by atoms with Crippen molar-refractivity contribution >= 4 is 56.2 Å². The van der Waals surface area contributed by atoms with Crippen LogP contribution in [0.2, 0.25) is 5.02 Å². The standard InChI is InChI=1S/C40H51ClF3N5O9S/c1-6-16-57-31-19-28-27(12-9-13-29(28)41)34(45-31)58-26-18-30-33(50)46-39(36(52)47-59(55,56)38(5)14-15-38)20-25(39)11-8-7-10-22(2)17-23(3)32(35(51)48(30)21-26)49(37(53)54)24(4)40(42,43)44/h8-9,11-13,19,22-26,30,32H,6-7,10,14-18,20-21H2,1-5H3,(H,46,50)(H,47,52)(H,53,54)/b11-8-/t22-,23-,24-,25-,26-,30+,32+,39-/m1/s1. The van der Waals surface area contributed by atoms with E-state index in [0.717, 1.165) is 4.90 Å². The quantitative estimate of drug-likeness (QED) is 0.232. The Morgan fingerprint density at radius 1 is 1.19 bits per heavy atom. The van der Waals surface area contributed by atoms with Crippen molar-refractivity contribution in [1.29, 1.82) is 0 Å². The molecule has 3 N–H and O–H groups in total. The summed E-state index contributed by atoms with van der Waals surface area (Å²) in [6.07, 6.45) is -2.25. The number of amides is 4. The van der Waals surface area contributed by atoms with E-state index in [-0.39, 0.29) is 48.4 Å². The predicted molar refractivity (Wildman–Crippen MR) is 211 cm³/mol. The van der Waals surface area contributed by atoms with E-state index in [1.54, 1.807) is 36.4 Å². The lowest BCUT2D eigenvalue weighted by Gasteiger charge is -2.40. The van der Waals surface area contributed by atoms with Gasteiger partial charge in [-0.05, 0) is 82.8 Å². The molecule has 4 aliphatic rings. The summed E-state index contributed by atoms with van der Waals surface area (Å²) in [6.45, 7) is 7.37. The van der Waals surface area contributed by atoms with E-state index >= 15 is 0 Å². The van der Waals surface area contributed by atoms with E-state index in [1.807, 2.05) is 13.8 Å². The number of fused-ring (bicyclic) bond motifs is 3. The van der Waals surface area contributed by atoms with Crippen LogP contribution in [0.15, 0.2) is 36.4 Å². The van der Waals surface area contributed by atoms with Crippen LogP contribution in [0.3, 0.4) is 0 Å². The number of pyridine rings is 1. The Morgan fingerprint density at radius 3 is 2.54 bits per heavy atom. The highest BCUT2D eigenvalue weighted by Crippen LogP contribution is 2.48. The number of aromatic nitrogens is 1. The number of hydrogen-bond acceptors (Lipinski definition) is 9. The Balaban J connectivity index is 1.42. The molecule has 19 heteroatoms. The number of halogens is 4. The molecular weight excluding hydrogens is 819 g/mol. The van der Waals surface area contributed by atoms with Gasteiger partial charge in [0.05, 0.1) is 17.9 Å². The average molecular weight is 870 g/mol. The van der Waals surface area contributed by atoms with Gasteiger partial charge < -0.3 is 24.8 Å². The van der Waals surface area contributed by atoms with E-state index < -0.39 is 86.4 Å². The van der Waals surface area contributed by atoms with Gasteiger partial charge in [0, 0.05) is 34.2 Å². The Hall–Kier alpha value is -4.32. The van der Waals surface area contributed by atoms with Crippen LogP contribution in [0.4, 0.5) is 18.0 Å². The first kappa shape index (κ1) is 44.2. The number of nitrogens with zero attached hydrogens (tertiary/aromatic N) is 3. The van der Waals surface area contributed by atoms with Crippen molar-refractivity contribution in [3.8, 4) is 11.8 Å². The molecule has 1 saturated heterocycles. The molecule has 0 spiro atoms.